The molecule has 3 rings (SSSR count). The van der Waals surface area contributed by atoms with Crippen LogP contribution in [-0.4, -0.2) is 53.0 Å². The van der Waals surface area contributed by atoms with E-state index in [4.69, 9.17) is 9.72 Å². The second-order valence-corrected chi connectivity index (χ2v) is 6.56. The highest BCUT2D eigenvalue weighted by atomic mass is 19.1. The fourth-order valence-electron chi connectivity index (χ4n) is 2.93. The highest BCUT2D eigenvalue weighted by Gasteiger charge is 2.18. The Kier molecular flexibility index (Phi) is 5.58. The Hall–Kier alpha value is -1.79. The Morgan fingerprint density at radius 2 is 2.04 bits per heavy atom. The van der Waals surface area contributed by atoms with E-state index in [9.17, 15) is 4.39 Å². The molecule has 1 saturated heterocycles. The second-order valence-electron chi connectivity index (χ2n) is 6.56. The van der Waals surface area contributed by atoms with Gasteiger partial charge in [-0.2, -0.15) is 5.10 Å². The summed E-state index contributed by atoms with van der Waals surface area (Å²) in [6.07, 6.45) is 5.16. The van der Waals surface area contributed by atoms with Crippen LogP contribution >= 0.6 is 0 Å². The molecule has 0 bridgehead atoms. The maximum Gasteiger partial charge on any atom is 0.152 e. The minimum absolute atomic E-state index is 0.243. The molecule has 0 radical (unpaired) electrons. The minimum atomic E-state index is -0.243. The third-order valence-corrected chi connectivity index (χ3v) is 4.29. The van der Waals surface area contributed by atoms with Crippen molar-refractivity contribution >= 4 is 0 Å². The molecule has 1 fully saturated rings. The van der Waals surface area contributed by atoms with E-state index in [0.717, 1.165) is 62.6 Å². The SMILES string of the molecule is CN(C)CCc1nc(CC[C@@H]2CCCO2)n(-c2ccc(F)cc2)n1. The van der Waals surface area contributed by atoms with Crippen LogP contribution < -0.4 is 0 Å². The summed E-state index contributed by atoms with van der Waals surface area (Å²) in [7, 11) is 4.07. The molecular formula is C18H25FN4O. The zero-order valence-corrected chi connectivity index (χ0v) is 14.4. The van der Waals surface area contributed by atoms with Crippen molar-refractivity contribution in [1.29, 1.82) is 0 Å². The van der Waals surface area contributed by atoms with E-state index >= 15 is 0 Å². The van der Waals surface area contributed by atoms with Gasteiger partial charge < -0.3 is 9.64 Å². The normalized spacial score (nSPS) is 17.8. The van der Waals surface area contributed by atoms with Crippen LogP contribution in [0.5, 0.6) is 0 Å². The van der Waals surface area contributed by atoms with E-state index in [-0.39, 0.29) is 5.82 Å². The smallest absolute Gasteiger partial charge is 0.152 e. The van der Waals surface area contributed by atoms with Crippen LogP contribution in [0.2, 0.25) is 0 Å². The van der Waals surface area contributed by atoms with Crippen LogP contribution in [0.3, 0.4) is 0 Å². The first-order chi connectivity index (χ1) is 11.6. The van der Waals surface area contributed by atoms with Gasteiger partial charge in [-0.3, -0.25) is 0 Å². The van der Waals surface area contributed by atoms with Crippen LogP contribution in [0.1, 0.15) is 30.9 Å². The van der Waals surface area contributed by atoms with Gasteiger partial charge in [0.2, 0.25) is 0 Å². The lowest BCUT2D eigenvalue weighted by Crippen LogP contribution is -2.15. The van der Waals surface area contributed by atoms with Gasteiger partial charge in [0.1, 0.15) is 11.6 Å². The molecule has 2 heterocycles. The first-order valence-corrected chi connectivity index (χ1v) is 8.59. The summed E-state index contributed by atoms with van der Waals surface area (Å²) in [5.74, 6) is 1.51. The number of nitrogens with zero attached hydrogens (tertiary/aromatic N) is 4. The maximum atomic E-state index is 13.2. The Morgan fingerprint density at radius 1 is 1.25 bits per heavy atom. The number of ether oxygens (including phenoxy) is 1. The Balaban J connectivity index is 1.78. The van der Waals surface area contributed by atoms with Crippen LogP contribution in [0.25, 0.3) is 5.69 Å². The fraction of sp³-hybridized carbons (Fsp3) is 0.556. The molecule has 1 atom stereocenters. The van der Waals surface area contributed by atoms with Gasteiger partial charge in [-0.25, -0.2) is 14.1 Å². The number of hydrogen-bond acceptors (Lipinski definition) is 4. The highest BCUT2D eigenvalue weighted by molar-refractivity contribution is 5.32. The molecule has 1 aromatic carbocycles. The molecule has 0 aliphatic carbocycles. The molecule has 0 N–H and O–H groups in total. The van der Waals surface area contributed by atoms with Crippen molar-refractivity contribution in [1.82, 2.24) is 19.7 Å². The summed E-state index contributed by atoms with van der Waals surface area (Å²) in [5.41, 5.74) is 0.849. The summed E-state index contributed by atoms with van der Waals surface area (Å²) in [4.78, 5) is 6.83. The molecule has 0 saturated carbocycles. The third kappa shape index (κ3) is 4.39. The molecular weight excluding hydrogens is 307 g/mol. The van der Waals surface area contributed by atoms with Crippen molar-refractivity contribution in [3.63, 3.8) is 0 Å². The molecule has 0 spiro atoms. The average Bonchev–Trinajstić information content (AvgIpc) is 3.21. The van der Waals surface area contributed by atoms with Crippen molar-refractivity contribution < 1.29 is 9.13 Å². The topological polar surface area (TPSA) is 43.2 Å². The number of halogens is 1. The van der Waals surface area contributed by atoms with E-state index in [1.54, 1.807) is 12.1 Å². The summed E-state index contributed by atoms with van der Waals surface area (Å²) >= 11 is 0. The standard InChI is InChI=1S/C18H25FN4O/c1-22(2)12-11-17-20-18(10-9-16-4-3-13-24-16)23(21-17)15-7-5-14(19)6-8-15/h5-8,16H,3-4,9-13H2,1-2H3/t16-/m0/s1. The van der Waals surface area contributed by atoms with E-state index < -0.39 is 0 Å². The van der Waals surface area contributed by atoms with Gasteiger partial charge in [-0.05, 0) is 57.6 Å². The summed E-state index contributed by atoms with van der Waals surface area (Å²) in [6, 6.07) is 6.41. The predicted octanol–water partition coefficient (Wildman–Crippen LogP) is 2.62. The lowest BCUT2D eigenvalue weighted by molar-refractivity contribution is 0.104. The van der Waals surface area contributed by atoms with Gasteiger partial charge in [0.15, 0.2) is 5.82 Å². The number of aryl methyl sites for hydroxylation is 1. The van der Waals surface area contributed by atoms with Crippen LogP contribution in [0.4, 0.5) is 4.39 Å². The van der Waals surface area contributed by atoms with E-state index in [2.05, 4.69) is 10.00 Å². The zero-order chi connectivity index (χ0) is 16.9. The second kappa shape index (κ2) is 7.85. The monoisotopic (exact) mass is 332 g/mol. The van der Waals surface area contributed by atoms with E-state index in [1.807, 2.05) is 18.8 Å². The molecule has 0 unspecified atom stereocenters. The molecule has 1 aliphatic rings. The zero-order valence-electron chi connectivity index (χ0n) is 14.4. The van der Waals surface area contributed by atoms with Crippen LogP contribution in [0.15, 0.2) is 24.3 Å². The summed E-state index contributed by atoms with van der Waals surface area (Å²) < 4.78 is 20.8. The first kappa shape index (κ1) is 17.0. The maximum absolute atomic E-state index is 13.2. The highest BCUT2D eigenvalue weighted by Crippen LogP contribution is 2.19. The molecule has 6 heteroatoms. The Morgan fingerprint density at radius 3 is 2.71 bits per heavy atom. The number of likely N-dealkylation sites (N-methyl/N-ethyl adjacent to an activating group) is 1. The minimum Gasteiger partial charge on any atom is -0.378 e. The van der Waals surface area contributed by atoms with E-state index in [1.165, 1.54) is 12.1 Å². The quantitative estimate of drug-likeness (QED) is 0.782. The number of rotatable bonds is 7. The fourth-order valence-corrected chi connectivity index (χ4v) is 2.93. The van der Waals surface area contributed by atoms with Crippen LogP contribution in [0, 0.1) is 5.82 Å². The number of hydrogen-bond donors (Lipinski definition) is 0. The molecule has 24 heavy (non-hydrogen) atoms. The number of aromatic nitrogens is 3. The third-order valence-electron chi connectivity index (χ3n) is 4.29. The molecule has 5 nitrogen and oxygen atoms in total. The molecule has 2 aromatic rings. The van der Waals surface area contributed by atoms with Crippen molar-refractivity contribution in [3.8, 4) is 5.69 Å². The van der Waals surface area contributed by atoms with Crippen molar-refractivity contribution in [2.75, 3.05) is 27.2 Å². The van der Waals surface area contributed by atoms with Gasteiger partial charge in [0.05, 0.1) is 11.8 Å². The van der Waals surface area contributed by atoms with Gasteiger partial charge in [-0.1, -0.05) is 0 Å². The molecule has 130 valence electrons. The average molecular weight is 332 g/mol. The first-order valence-electron chi connectivity index (χ1n) is 8.59. The lowest BCUT2D eigenvalue weighted by atomic mass is 10.1. The van der Waals surface area contributed by atoms with Gasteiger partial charge in [-0.15, -0.1) is 0 Å². The van der Waals surface area contributed by atoms with E-state index in [0.29, 0.717) is 6.10 Å². The Labute approximate surface area is 142 Å². The summed E-state index contributed by atoms with van der Waals surface area (Å²) in [6.45, 7) is 1.77. The largest absolute Gasteiger partial charge is 0.378 e. The lowest BCUT2D eigenvalue weighted by Gasteiger charge is -2.09. The van der Waals surface area contributed by atoms with Crippen molar-refractivity contribution in [2.45, 2.75) is 38.2 Å². The summed E-state index contributed by atoms with van der Waals surface area (Å²) in [5, 5.41) is 4.64. The molecule has 1 aromatic heterocycles. The van der Waals surface area contributed by atoms with Crippen LogP contribution in [-0.2, 0) is 17.6 Å². The number of benzene rings is 1. The van der Waals surface area contributed by atoms with Crippen molar-refractivity contribution in [3.05, 3.63) is 41.7 Å². The van der Waals surface area contributed by atoms with Gasteiger partial charge in [0, 0.05) is 26.0 Å². The Bertz CT molecular complexity index is 648. The molecule has 0 amide bonds. The van der Waals surface area contributed by atoms with Gasteiger partial charge >= 0.3 is 0 Å². The van der Waals surface area contributed by atoms with Crippen molar-refractivity contribution in [2.24, 2.45) is 0 Å². The molecule has 1 aliphatic heterocycles. The predicted molar refractivity (Wildman–Crippen MR) is 90.9 cm³/mol. The van der Waals surface area contributed by atoms with Gasteiger partial charge in [0.25, 0.3) is 0 Å².